The Labute approximate surface area is 108 Å². The second-order valence-electron chi connectivity index (χ2n) is 4.79. The molecule has 1 unspecified atom stereocenters. The Morgan fingerprint density at radius 3 is 2.67 bits per heavy atom. The zero-order chi connectivity index (χ0) is 13.0. The third-order valence-electron chi connectivity index (χ3n) is 3.49. The molecule has 1 atom stereocenters. The maximum Gasteiger partial charge on any atom is 0.124 e. The van der Waals surface area contributed by atoms with E-state index in [1.165, 1.54) is 0 Å². The number of β-amino-alcohol motifs (C(OH)–C–C–N with tert-alkyl or cyclic N) is 1. The van der Waals surface area contributed by atoms with Gasteiger partial charge in [0.15, 0.2) is 0 Å². The number of aliphatic hydroxyl groups is 2. The summed E-state index contributed by atoms with van der Waals surface area (Å²) in [5.41, 5.74) is 0.825. The third kappa shape index (κ3) is 3.22. The summed E-state index contributed by atoms with van der Waals surface area (Å²) in [5.74, 6) is 0.724. The SMILES string of the molecule is COc1ccccc1C(O)CN1CCC(O)CC1. The lowest BCUT2D eigenvalue weighted by Gasteiger charge is -2.31. The summed E-state index contributed by atoms with van der Waals surface area (Å²) in [6, 6.07) is 7.55. The highest BCUT2D eigenvalue weighted by molar-refractivity contribution is 5.35. The number of nitrogens with zero attached hydrogens (tertiary/aromatic N) is 1. The minimum Gasteiger partial charge on any atom is -0.496 e. The summed E-state index contributed by atoms with van der Waals surface area (Å²) in [6.07, 6.45) is 0.859. The van der Waals surface area contributed by atoms with Crippen molar-refractivity contribution in [2.45, 2.75) is 25.0 Å². The van der Waals surface area contributed by atoms with Crippen LogP contribution in [0, 0.1) is 0 Å². The molecular formula is C14H21NO3. The first-order valence-corrected chi connectivity index (χ1v) is 6.42. The summed E-state index contributed by atoms with van der Waals surface area (Å²) < 4.78 is 5.25. The Bertz CT molecular complexity index is 375. The van der Waals surface area contributed by atoms with E-state index in [9.17, 15) is 10.2 Å². The molecule has 0 amide bonds. The average Bonchev–Trinajstić information content (AvgIpc) is 2.41. The largest absolute Gasteiger partial charge is 0.496 e. The van der Waals surface area contributed by atoms with Gasteiger partial charge in [-0.3, -0.25) is 0 Å². The van der Waals surface area contributed by atoms with E-state index in [0.29, 0.717) is 6.54 Å². The van der Waals surface area contributed by atoms with Crippen molar-refractivity contribution in [3.05, 3.63) is 29.8 Å². The normalized spacial score (nSPS) is 19.7. The fraction of sp³-hybridized carbons (Fsp3) is 0.571. The number of piperidine rings is 1. The Morgan fingerprint density at radius 1 is 1.33 bits per heavy atom. The molecule has 1 heterocycles. The molecule has 0 saturated carbocycles. The van der Waals surface area contributed by atoms with Crippen molar-refractivity contribution < 1.29 is 14.9 Å². The Morgan fingerprint density at radius 2 is 2.00 bits per heavy atom. The van der Waals surface area contributed by atoms with Gasteiger partial charge in [-0.2, -0.15) is 0 Å². The van der Waals surface area contributed by atoms with Gasteiger partial charge in [0.2, 0.25) is 0 Å². The van der Waals surface area contributed by atoms with Crippen molar-refractivity contribution in [1.82, 2.24) is 4.90 Å². The first-order chi connectivity index (χ1) is 8.70. The average molecular weight is 251 g/mol. The van der Waals surface area contributed by atoms with Crippen LogP contribution in [0.15, 0.2) is 24.3 Å². The van der Waals surface area contributed by atoms with Crippen LogP contribution in [0.5, 0.6) is 5.75 Å². The van der Waals surface area contributed by atoms with Crippen LogP contribution in [0.2, 0.25) is 0 Å². The summed E-state index contributed by atoms with van der Waals surface area (Å²) in [4.78, 5) is 2.18. The molecule has 0 aromatic heterocycles. The van der Waals surface area contributed by atoms with Gasteiger partial charge in [0.1, 0.15) is 5.75 Å². The van der Waals surface area contributed by atoms with Crippen LogP contribution in [0.3, 0.4) is 0 Å². The van der Waals surface area contributed by atoms with Gasteiger partial charge < -0.3 is 19.8 Å². The van der Waals surface area contributed by atoms with Crippen molar-refractivity contribution in [3.8, 4) is 5.75 Å². The van der Waals surface area contributed by atoms with Gasteiger partial charge in [-0.05, 0) is 18.9 Å². The molecule has 0 spiro atoms. The van der Waals surface area contributed by atoms with Crippen LogP contribution in [-0.2, 0) is 0 Å². The van der Waals surface area contributed by atoms with E-state index in [1.54, 1.807) is 7.11 Å². The topological polar surface area (TPSA) is 52.9 Å². The molecule has 0 bridgehead atoms. The molecule has 1 aliphatic heterocycles. The van der Waals surface area contributed by atoms with E-state index >= 15 is 0 Å². The molecular weight excluding hydrogens is 230 g/mol. The number of methoxy groups -OCH3 is 1. The van der Waals surface area contributed by atoms with Crippen molar-refractivity contribution in [2.24, 2.45) is 0 Å². The fourth-order valence-corrected chi connectivity index (χ4v) is 2.39. The van der Waals surface area contributed by atoms with Crippen LogP contribution < -0.4 is 4.74 Å². The number of rotatable bonds is 4. The van der Waals surface area contributed by atoms with Crippen LogP contribution in [0.4, 0.5) is 0 Å². The Balaban J connectivity index is 1.96. The number of ether oxygens (including phenoxy) is 1. The zero-order valence-corrected chi connectivity index (χ0v) is 10.7. The quantitative estimate of drug-likeness (QED) is 0.844. The predicted molar refractivity (Wildman–Crippen MR) is 69.6 cm³/mol. The van der Waals surface area contributed by atoms with E-state index < -0.39 is 6.10 Å². The van der Waals surface area contributed by atoms with E-state index in [1.807, 2.05) is 24.3 Å². The number of hydrogen-bond acceptors (Lipinski definition) is 4. The summed E-state index contributed by atoms with van der Waals surface area (Å²) in [6.45, 7) is 2.27. The molecule has 2 rings (SSSR count). The Hall–Kier alpha value is -1.10. The molecule has 1 saturated heterocycles. The maximum absolute atomic E-state index is 10.3. The molecule has 100 valence electrons. The van der Waals surface area contributed by atoms with Crippen molar-refractivity contribution in [2.75, 3.05) is 26.7 Å². The fourth-order valence-electron chi connectivity index (χ4n) is 2.39. The molecule has 1 fully saturated rings. The smallest absolute Gasteiger partial charge is 0.124 e. The van der Waals surface area contributed by atoms with Gasteiger partial charge >= 0.3 is 0 Å². The molecule has 18 heavy (non-hydrogen) atoms. The maximum atomic E-state index is 10.3. The van der Waals surface area contributed by atoms with Crippen LogP contribution >= 0.6 is 0 Å². The number of para-hydroxylation sites is 1. The molecule has 1 aromatic carbocycles. The lowest BCUT2D eigenvalue weighted by Crippen LogP contribution is -2.38. The minimum atomic E-state index is -0.545. The molecule has 4 nitrogen and oxygen atoms in total. The highest BCUT2D eigenvalue weighted by Crippen LogP contribution is 2.26. The van der Waals surface area contributed by atoms with E-state index in [-0.39, 0.29) is 6.10 Å². The standard InChI is InChI=1S/C14H21NO3/c1-18-14-5-3-2-4-12(14)13(17)10-15-8-6-11(16)7-9-15/h2-5,11,13,16-17H,6-10H2,1H3. The summed E-state index contributed by atoms with van der Waals surface area (Å²) >= 11 is 0. The molecule has 0 radical (unpaired) electrons. The number of likely N-dealkylation sites (tertiary alicyclic amines) is 1. The highest BCUT2D eigenvalue weighted by Gasteiger charge is 2.21. The lowest BCUT2D eigenvalue weighted by molar-refractivity contribution is 0.0501. The minimum absolute atomic E-state index is 0.176. The number of benzene rings is 1. The van der Waals surface area contributed by atoms with E-state index in [2.05, 4.69) is 4.90 Å². The summed E-state index contributed by atoms with van der Waals surface area (Å²) in [7, 11) is 1.61. The highest BCUT2D eigenvalue weighted by atomic mass is 16.5. The lowest BCUT2D eigenvalue weighted by atomic mass is 10.0. The van der Waals surface area contributed by atoms with Crippen molar-refractivity contribution in [3.63, 3.8) is 0 Å². The Kier molecular flexibility index (Phi) is 4.58. The van der Waals surface area contributed by atoms with E-state index in [0.717, 1.165) is 37.2 Å². The van der Waals surface area contributed by atoms with Crippen LogP contribution in [0.1, 0.15) is 24.5 Å². The molecule has 1 aromatic rings. The van der Waals surface area contributed by atoms with Gasteiger partial charge in [0.05, 0.1) is 19.3 Å². The van der Waals surface area contributed by atoms with Gasteiger partial charge in [0, 0.05) is 25.2 Å². The second-order valence-corrected chi connectivity index (χ2v) is 4.79. The molecule has 4 heteroatoms. The van der Waals surface area contributed by atoms with Gasteiger partial charge in [-0.15, -0.1) is 0 Å². The van der Waals surface area contributed by atoms with Gasteiger partial charge in [-0.25, -0.2) is 0 Å². The van der Waals surface area contributed by atoms with Gasteiger partial charge in [0.25, 0.3) is 0 Å². The third-order valence-corrected chi connectivity index (χ3v) is 3.49. The van der Waals surface area contributed by atoms with Crippen LogP contribution in [0.25, 0.3) is 0 Å². The second kappa shape index (κ2) is 6.18. The van der Waals surface area contributed by atoms with Crippen LogP contribution in [-0.4, -0.2) is 48.0 Å². The monoisotopic (exact) mass is 251 g/mol. The molecule has 1 aliphatic rings. The molecule has 0 aliphatic carbocycles. The zero-order valence-electron chi connectivity index (χ0n) is 10.7. The first kappa shape index (κ1) is 13.3. The first-order valence-electron chi connectivity index (χ1n) is 6.42. The predicted octanol–water partition coefficient (Wildman–Crippen LogP) is 1.19. The number of aliphatic hydroxyl groups excluding tert-OH is 2. The van der Waals surface area contributed by atoms with Crippen molar-refractivity contribution in [1.29, 1.82) is 0 Å². The number of hydrogen-bond donors (Lipinski definition) is 2. The van der Waals surface area contributed by atoms with Gasteiger partial charge in [-0.1, -0.05) is 18.2 Å². The molecule has 2 N–H and O–H groups in total. The summed E-state index contributed by atoms with van der Waals surface area (Å²) in [5, 5.41) is 19.7. The van der Waals surface area contributed by atoms with E-state index in [4.69, 9.17) is 4.74 Å². The van der Waals surface area contributed by atoms with Crippen molar-refractivity contribution >= 4 is 0 Å².